The minimum Gasteiger partial charge on any atom is -0.462 e. The molecule has 0 radical (unpaired) electrons. The lowest BCUT2D eigenvalue weighted by atomic mass is 10.1. The number of nitrogens with zero attached hydrogens (tertiary/aromatic N) is 1. The van der Waals surface area contributed by atoms with E-state index in [4.69, 9.17) is 4.74 Å². The van der Waals surface area contributed by atoms with E-state index in [0.717, 1.165) is 24.2 Å². The lowest BCUT2D eigenvalue weighted by Crippen LogP contribution is -2.37. The summed E-state index contributed by atoms with van der Waals surface area (Å²) in [5, 5.41) is 3.15. The van der Waals surface area contributed by atoms with E-state index in [9.17, 15) is 9.59 Å². The monoisotopic (exact) mass is 320 g/mol. The van der Waals surface area contributed by atoms with E-state index in [0.29, 0.717) is 18.2 Å². The molecule has 0 bridgehead atoms. The van der Waals surface area contributed by atoms with Gasteiger partial charge in [0.1, 0.15) is 6.54 Å². The molecule has 5 nitrogen and oxygen atoms in total. The van der Waals surface area contributed by atoms with Crippen LogP contribution in [-0.4, -0.2) is 29.1 Å². The van der Waals surface area contributed by atoms with Crippen molar-refractivity contribution in [1.29, 1.82) is 0 Å². The fourth-order valence-electron chi connectivity index (χ4n) is 3.30. The highest BCUT2D eigenvalue weighted by Gasteiger charge is 2.19. The molecule has 1 amide bonds. The minimum absolute atomic E-state index is 0.0223. The van der Waals surface area contributed by atoms with Crippen molar-refractivity contribution in [2.45, 2.75) is 71.9 Å². The third-order valence-corrected chi connectivity index (χ3v) is 4.59. The van der Waals surface area contributed by atoms with Crippen LogP contribution in [0.1, 0.15) is 67.2 Å². The molecule has 1 aromatic heterocycles. The second-order valence-electron chi connectivity index (χ2n) is 6.35. The topological polar surface area (TPSA) is 60.3 Å². The Kier molecular flexibility index (Phi) is 6.25. The molecular weight excluding hydrogens is 292 g/mol. The number of carbonyl (C=O) groups excluding carboxylic acids is 2. The van der Waals surface area contributed by atoms with Crippen LogP contribution in [0.25, 0.3) is 0 Å². The molecule has 0 spiro atoms. The Hall–Kier alpha value is -1.78. The highest BCUT2D eigenvalue weighted by atomic mass is 16.5. The van der Waals surface area contributed by atoms with Gasteiger partial charge in [-0.1, -0.05) is 25.7 Å². The van der Waals surface area contributed by atoms with E-state index in [-0.39, 0.29) is 18.4 Å². The highest BCUT2D eigenvalue weighted by molar-refractivity contribution is 5.91. The fraction of sp³-hybridized carbons (Fsp3) is 0.667. The summed E-state index contributed by atoms with van der Waals surface area (Å²) in [5.41, 5.74) is 2.24. The molecule has 2 rings (SSSR count). The molecule has 0 atom stereocenters. The van der Waals surface area contributed by atoms with Crippen molar-refractivity contribution in [1.82, 2.24) is 9.88 Å². The maximum absolute atomic E-state index is 12.4. The summed E-state index contributed by atoms with van der Waals surface area (Å²) in [4.78, 5) is 24.3. The van der Waals surface area contributed by atoms with Gasteiger partial charge in [0.25, 0.3) is 0 Å². The standard InChI is InChI=1S/C18H28N2O3/c1-4-23-18(22)16-11-13(2)20(14(16)3)12-17(21)19-15-9-7-5-6-8-10-15/h11,15H,4-10,12H2,1-3H3,(H,19,21). The summed E-state index contributed by atoms with van der Waals surface area (Å²) < 4.78 is 6.95. The SMILES string of the molecule is CCOC(=O)c1cc(C)n(CC(=O)NC2CCCCCC2)c1C. The van der Waals surface area contributed by atoms with Crippen LogP contribution in [0.5, 0.6) is 0 Å². The van der Waals surface area contributed by atoms with Crippen LogP contribution in [0, 0.1) is 13.8 Å². The zero-order valence-electron chi connectivity index (χ0n) is 14.5. The average Bonchev–Trinajstić information content (AvgIpc) is 2.71. The normalized spacial score (nSPS) is 16.0. The first-order chi connectivity index (χ1) is 11.0. The fourth-order valence-corrected chi connectivity index (χ4v) is 3.30. The Morgan fingerprint density at radius 1 is 1.22 bits per heavy atom. The number of hydrogen-bond donors (Lipinski definition) is 1. The molecule has 0 unspecified atom stereocenters. The van der Waals surface area contributed by atoms with Gasteiger partial charge < -0.3 is 14.6 Å². The first kappa shape index (κ1) is 17.6. The van der Waals surface area contributed by atoms with Crippen LogP contribution >= 0.6 is 0 Å². The molecule has 1 heterocycles. The number of carbonyl (C=O) groups is 2. The van der Waals surface area contributed by atoms with Crippen LogP contribution in [0.4, 0.5) is 0 Å². The highest BCUT2D eigenvalue weighted by Crippen LogP contribution is 2.18. The molecule has 0 aliphatic heterocycles. The van der Waals surface area contributed by atoms with Crippen LogP contribution in [0.2, 0.25) is 0 Å². The lowest BCUT2D eigenvalue weighted by molar-refractivity contribution is -0.122. The van der Waals surface area contributed by atoms with E-state index in [2.05, 4.69) is 5.32 Å². The van der Waals surface area contributed by atoms with E-state index in [1.54, 1.807) is 13.0 Å². The van der Waals surface area contributed by atoms with Crippen molar-refractivity contribution < 1.29 is 14.3 Å². The van der Waals surface area contributed by atoms with E-state index in [1.165, 1.54) is 25.7 Å². The average molecular weight is 320 g/mol. The number of nitrogens with one attached hydrogen (secondary N) is 1. The number of hydrogen-bond acceptors (Lipinski definition) is 3. The van der Waals surface area contributed by atoms with Crippen molar-refractivity contribution in [2.75, 3.05) is 6.61 Å². The third kappa shape index (κ3) is 4.60. The molecular formula is C18H28N2O3. The molecule has 1 aliphatic carbocycles. The predicted molar refractivity (Wildman–Crippen MR) is 89.5 cm³/mol. The smallest absolute Gasteiger partial charge is 0.339 e. The third-order valence-electron chi connectivity index (χ3n) is 4.59. The Morgan fingerprint density at radius 2 is 1.87 bits per heavy atom. The molecule has 0 aromatic carbocycles. The van der Waals surface area contributed by atoms with Gasteiger partial charge in [0, 0.05) is 17.4 Å². The summed E-state index contributed by atoms with van der Waals surface area (Å²) in [7, 11) is 0. The minimum atomic E-state index is -0.323. The molecule has 5 heteroatoms. The molecule has 1 aromatic rings. The van der Waals surface area contributed by atoms with Gasteiger partial charge in [0.05, 0.1) is 12.2 Å². The van der Waals surface area contributed by atoms with Gasteiger partial charge in [-0.15, -0.1) is 0 Å². The summed E-state index contributed by atoms with van der Waals surface area (Å²) in [6, 6.07) is 2.09. The Bertz CT molecular complexity index is 555. The summed E-state index contributed by atoms with van der Waals surface area (Å²) in [5.74, 6) is -0.301. The number of aryl methyl sites for hydroxylation is 1. The largest absolute Gasteiger partial charge is 0.462 e. The van der Waals surface area contributed by atoms with Crippen molar-refractivity contribution in [2.24, 2.45) is 0 Å². The van der Waals surface area contributed by atoms with Crippen LogP contribution in [0.15, 0.2) is 6.07 Å². The van der Waals surface area contributed by atoms with Gasteiger partial charge in [-0.05, 0) is 39.7 Å². The number of ether oxygens (including phenoxy) is 1. The maximum Gasteiger partial charge on any atom is 0.339 e. The predicted octanol–water partition coefficient (Wildman–Crippen LogP) is 3.12. The van der Waals surface area contributed by atoms with Crippen LogP contribution in [-0.2, 0) is 16.1 Å². The maximum atomic E-state index is 12.4. The Labute approximate surface area is 138 Å². The second-order valence-corrected chi connectivity index (χ2v) is 6.35. The van der Waals surface area contributed by atoms with Gasteiger partial charge in [-0.2, -0.15) is 0 Å². The van der Waals surface area contributed by atoms with Crippen LogP contribution in [0.3, 0.4) is 0 Å². The number of rotatable bonds is 5. The van der Waals surface area contributed by atoms with Gasteiger partial charge in [0.15, 0.2) is 0 Å². The molecule has 23 heavy (non-hydrogen) atoms. The van der Waals surface area contributed by atoms with Crippen molar-refractivity contribution in [3.05, 3.63) is 23.0 Å². The van der Waals surface area contributed by atoms with Gasteiger partial charge in [-0.25, -0.2) is 4.79 Å². The quantitative estimate of drug-likeness (QED) is 0.670. The van der Waals surface area contributed by atoms with Crippen molar-refractivity contribution in [3.63, 3.8) is 0 Å². The Morgan fingerprint density at radius 3 is 2.48 bits per heavy atom. The molecule has 0 saturated heterocycles. The van der Waals surface area contributed by atoms with E-state index in [1.807, 2.05) is 18.4 Å². The summed E-state index contributed by atoms with van der Waals surface area (Å²) in [6.45, 7) is 6.17. The number of esters is 1. The van der Waals surface area contributed by atoms with Gasteiger partial charge in [0.2, 0.25) is 5.91 Å². The van der Waals surface area contributed by atoms with Crippen molar-refractivity contribution >= 4 is 11.9 Å². The van der Waals surface area contributed by atoms with Crippen molar-refractivity contribution in [3.8, 4) is 0 Å². The first-order valence-corrected chi connectivity index (χ1v) is 8.66. The van der Waals surface area contributed by atoms with E-state index < -0.39 is 0 Å². The number of aromatic nitrogens is 1. The van der Waals surface area contributed by atoms with Gasteiger partial charge >= 0.3 is 5.97 Å². The Balaban J connectivity index is 2.01. The molecule has 1 N–H and O–H groups in total. The zero-order chi connectivity index (χ0) is 16.8. The molecule has 1 saturated carbocycles. The first-order valence-electron chi connectivity index (χ1n) is 8.66. The molecule has 1 aliphatic rings. The van der Waals surface area contributed by atoms with Crippen LogP contribution < -0.4 is 5.32 Å². The lowest BCUT2D eigenvalue weighted by Gasteiger charge is -2.17. The van der Waals surface area contributed by atoms with E-state index >= 15 is 0 Å². The van der Waals surface area contributed by atoms with Gasteiger partial charge in [-0.3, -0.25) is 4.79 Å². The number of amides is 1. The molecule has 128 valence electrons. The molecule has 1 fully saturated rings. The zero-order valence-corrected chi connectivity index (χ0v) is 14.5. The summed E-state index contributed by atoms with van der Waals surface area (Å²) in [6.07, 6.45) is 7.07. The second kappa shape index (κ2) is 8.18. The summed E-state index contributed by atoms with van der Waals surface area (Å²) >= 11 is 0.